The summed E-state index contributed by atoms with van der Waals surface area (Å²) in [7, 11) is 3.69. The van der Waals surface area contributed by atoms with E-state index < -0.39 is 0 Å². The van der Waals surface area contributed by atoms with Gasteiger partial charge in [-0.25, -0.2) is 0 Å². The Morgan fingerprint density at radius 3 is 2.67 bits per heavy atom. The Morgan fingerprint density at radius 1 is 1.14 bits per heavy atom. The van der Waals surface area contributed by atoms with E-state index in [1.54, 1.807) is 7.11 Å². The minimum atomic E-state index is 0.351. The molecule has 2 aromatic carbocycles. The lowest BCUT2D eigenvalue weighted by molar-refractivity contribution is 0.410. The van der Waals surface area contributed by atoms with Gasteiger partial charge in [-0.2, -0.15) is 0 Å². The molecule has 3 nitrogen and oxygen atoms in total. The van der Waals surface area contributed by atoms with Crippen LogP contribution >= 0.6 is 0 Å². The van der Waals surface area contributed by atoms with Crippen LogP contribution in [0.25, 0.3) is 10.9 Å². The maximum atomic E-state index is 10.3. The second-order valence-electron chi connectivity index (χ2n) is 5.41. The normalized spacial score (nSPS) is 11.0. The Hall–Kier alpha value is -2.42. The average Bonchev–Trinajstić information content (AvgIpc) is 2.80. The maximum absolute atomic E-state index is 10.3. The largest absolute Gasteiger partial charge is 0.507 e. The summed E-state index contributed by atoms with van der Waals surface area (Å²) in [6.07, 6.45) is 2.81. The van der Waals surface area contributed by atoms with E-state index in [9.17, 15) is 5.11 Å². The molecule has 0 amide bonds. The smallest absolute Gasteiger partial charge is 0.122 e. The van der Waals surface area contributed by atoms with Crippen molar-refractivity contribution in [3.63, 3.8) is 0 Å². The molecule has 0 bridgehead atoms. The van der Waals surface area contributed by atoms with Gasteiger partial charge in [0.05, 0.1) is 7.11 Å². The molecule has 0 unspecified atom stereocenters. The molecule has 0 saturated heterocycles. The first-order chi connectivity index (χ1) is 10.1. The first-order valence-corrected chi connectivity index (χ1v) is 6.99. The van der Waals surface area contributed by atoms with Crippen LogP contribution in [-0.2, 0) is 13.5 Å². The lowest BCUT2D eigenvalue weighted by atomic mass is 10.0. The zero-order valence-electron chi connectivity index (χ0n) is 12.6. The molecule has 21 heavy (non-hydrogen) atoms. The van der Waals surface area contributed by atoms with Gasteiger partial charge in [0.15, 0.2) is 0 Å². The van der Waals surface area contributed by atoms with E-state index in [-0.39, 0.29) is 0 Å². The Morgan fingerprint density at radius 2 is 1.90 bits per heavy atom. The van der Waals surface area contributed by atoms with Gasteiger partial charge >= 0.3 is 0 Å². The van der Waals surface area contributed by atoms with Crippen LogP contribution in [0.4, 0.5) is 0 Å². The SMILES string of the molecule is COc1cc(C)c(O)c(Cc2cn(C)c3ccccc23)c1. The number of benzene rings is 2. The molecule has 0 aliphatic rings. The molecule has 0 spiro atoms. The summed E-state index contributed by atoms with van der Waals surface area (Å²) in [5.41, 5.74) is 4.13. The first-order valence-electron chi connectivity index (χ1n) is 6.99. The summed E-state index contributed by atoms with van der Waals surface area (Å²) < 4.78 is 7.42. The third-order valence-electron chi connectivity index (χ3n) is 3.95. The fourth-order valence-corrected chi connectivity index (χ4v) is 2.84. The van der Waals surface area contributed by atoms with Crippen LogP contribution in [0, 0.1) is 6.92 Å². The minimum Gasteiger partial charge on any atom is -0.507 e. The highest BCUT2D eigenvalue weighted by Crippen LogP contribution is 2.31. The highest BCUT2D eigenvalue weighted by molar-refractivity contribution is 5.84. The van der Waals surface area contributed by atoms with Gasteiger partial charge in [-0.15, -0.1) is 0 Å². The van der Waals surface area contributed by atoms with Crippen molar-refractivity contribution in [3.8, 4) is 11.5 Å². The van der Waals surface area contributed by atoms with Gasteiger partial charge < -0.3 is 14.4 Å². The van der Waals surface area contributed by atoms with Gasteiger partial charge in [0, 0.05) is 36.1 Å². The third-order valence-corrected chi connectivity index (χ3v) is 3.95. The predicted octanol–water partition coefficient (Wildman–Crippen LogP) is 3.79. The Kier molecular flexibility index (Phi) is 3.34. The highest BCUT2D eigenvalue weighted by atomic mass is 16.5. The number of phenols is 1. The van der Waals surface area contributed by atoms with Crippen molar-refractivity contribution in [3.05, 3.63) is 59.3 Å². The second-order valence-corrected chi connectivity index (χ2v) is 5.41. The lowest BCUT2D eigenvalue weighted by Gasteiger charge is -2.10. The molecule has 0 aliphatic carbocycles. The molecule has 0 saturated carbocycles. The van der Waals surface area contributed by atoms with Crippen molar-refractivity contribution in [1.82, 2.24) is 4.57 Å². The van der Waals surface area contributed by atoms with Gasteiger partial charge in [0.25, 0.3) is 0 Å². The van der Waals surface area contributed by atoms with E-state index >= 15 is 0 Å². The van der Waals surface area contributed by atoms with Crippen LogP contribution in [0.15, 0.2) is 42.6 Å². The van der Waals surface area contributed by atoms with Crippen molar-refractivity contribution in [1.29, 1.82) is 0 Å². The van der Waals surface area contributed by atoms with Gasteiger partial charge in [0.2, 0.25) is 0 Å². The second kappa shape index (κ2) is 5.17. The highest BCUT2D eigenvalue weighted by Gasteiger charge is 2.12. The summed E-state index contributed by atoms with van der Waals surface area (Å²) in [4.78, 5) is 0. The topological polar surface area (TPSA) is 34.4 Å². The lowest BCUT2D eigenvalue weighted by Crippen LogP contribution is -1.93. The molecule has 1 N–H and O–H groups in total. The van der Waals surface area contributed by atoms with Crippen molar-refractivity contribution in [2.45, 2.75) is 13.3 Å². The van der Waals surface area contributed by atoms with E-state index in [4.69, 9.17) is 4.74 Å². The number of hydrogen-bond donors (Lipinski definition) is 1. The summed E-state index contributed by atoms with van der Waals surface area (Å²) >= 11 is 0. The minimum absolute atomic E-state index is 0.351. The fraction of sp³-hybridized carbons (Fsp3) is 0.222. The number of rotatable bonds is 3. The van der Waals surface area contributed by atoms with E-state index in [1.165, 1.54) is 16.5 Å². The number of para-hydroxylation sites is 1. The Labute approximate surface area is 124 Å². The Bertz CT molecular complexity index is 802. The zero-order chi connectivity index (χ0) is 15.0. The van der Waals surface area contributed by atoms with Gasteiger partial charge in [-0.05, 0) is 36.2 Å². The van der Waals surface area contributed by atoms with Gasteiger partial charge in [-0.3, -0.25) is 0 Å². The van der Waals surface area contributed by atoms with Crippen LogP contribution < -0.4 is 4.74 Å². The van der Waals surface area contributed by atoms with Gasteiger partial charge in [0.1, 0.15) is 11.5 Å². The fourth-order valence-electron chi connectivity index (χ4n) is 2.84. The van der Waals surface area contributed by atoms with Crippen molar-refractivity contribution in [2.75, 3.05) is 7.11 Å². The molecule has 3 heteroatoms. The number of nitrogens with zero attached hydrogens (tertiary/aromatic N) is 1. The molecular formula is C18H19NO2. The van der Waals surface area contributed by atoms with Crippen LogP contribution in [0.1, 0.15) is 16.7 Å². The number of aryl methyl sites for hydroxylation is 2. The molecule has 3 rings (SSSR count). The first kappa shape index (κ1) is 13.6. The number of methoxy groups -OCH3 is 1. The number of aromatic nitrogens is 1. The molecular weight excluding hydrogens is 262 g/mol. The standard InChI is InChI=1S/C18H19NO2/c1-12-8-15(21-3)10-13(18(12)20)9-14-11-19(2)17-7-5-4-6-16(14)17/h4-8,10-11,20H,9H2,1-3H3. The number of aromatic hydroxyl groups is 1. The number of ether oxygens (including phenoxy) is 1. The molecule has 0 fully saturated rings. The summed E-state index contributed by atoms with van der Waals surface area (Å²) in [6, 6.07) is 12.1. The van der Waals surface area contributed by atoms with Crippen molar-refractivity contribution >= 4 is 10.9 Å². The zero-order valence-corrected chi connectivity index (χ0v) is 12.6. The summed E-state index contributed by atoms with van der Waals surface area (Å²) in [5.74, 6) is 1.13. The van der Waals surface area contributed by atoms with Crippen LogP contribution in [0.3, 0.4) is 0 Å². The van der Waals surface area contributed by atoms with Gasteiger partial charge in [-0.1, -0.05) is 18.2 Å². The number of fused-ring (bicyclic) bond motifs is 1. The molecule has 0 atom stereocenters. The van der Waals surface area contributed by atoms with Crippen molar-refractivity contribution in [2.24, 2.45) is 7.05 Å². The summed E-state index contributed by atoms with van der Waals surface area (Å²) in [6.45, 7) is 1.89. The van der Waals surface area contributed by atoms with Crippen LogP contribution in [-0.4, -0.2) is 16.8 Å². The molecule has 1 heterocycles. The van der Waals surface area contributed by atoms with E-state index in [0.717, 1.165) is 16.9 Å². The molecule has 1 aromatic heterocycles. The average molecular weight is 281 g/mol. The quantitative estimate of drug-likeness (QED) is 0.792. The maximum Gasteiger partial charge on any atom is 0.122 e. The predicted molar refractivity (Wildman–Crippen MR) is 85.1 cm³/mol. The molecule has 108 valence electrons. The monoisotopic (exact) mass is 281 g/mol. The van der Waals surface area contributed by atoms with E-state index in [2.05, 4.69) is 22.9 Å². The number of hydrogen-bond acceptors (Lipinski definition) is 2. The third kappa shape index (κ3) is 2.35. The Balaban J connectivity index is 2.09. The molecule has 3 aromatic rings. The van der Waals surface area contributed by atoms with Crippen molar-refractivity contribution < 1.29 is 9.84 Å². The van der Waals surface area contributed by atoms with E-state index in [0.29, 0.717) is 12.2 Å². The van der Waals surface area contributed by atoms with Crippen LogP contribution in [0.5, 0.6) is 11.5 Å². The number of phenolic OH excluding ortho intramolecular Hbond substituents is 1. The van der Waals surface area contributed by atoms with Crippen LogP contribution in [0.2, 0.25) is 0 Å². The van der Waals surface area contributed by atoms with E-state index in [1.807, 2.05) is 38.2 Å². The molecule has 0 radical (unpaired) electrons. The molecule has 0 aliphatic heterocycles. The summed E-state index contributed by atoms with van der Waals surface area (Å²) in [5, 5.41) is 11.5.